The summed E-state index contributed by atoms with van der Waals surface area (Å²) >= 11 is 0. The topological polar surface area (TPSA) is 51.2 Å². The van der Waals surface area contributed by atoms with Crippen molar-refractivity contribution in [3.63, 3.8) is 0 Å². The molecule has 0 spiro atoms. The SMILES string of the molecule is COc1ncc(NC(=O)C(F)(F)F)cc1C. The van der Waals surface area contributed by atoms with E-state index in [1.165, 1.54) is 13.2 Å². The van der Waals surface area contributed by atoms with E-state index in [1.54, 1.807) is 12.2 Å². The molecule has 7 heteroatoms. The first-order valence-corrected chi connectivity index (χ1v) is 4.23. The summed E-state index contributed by atoms with van der Waals surface area (Å²) in [7, 11) is 1.39. The van der Waals surface area contributed by atoms with Crippen molar-refractivity contribution >= 4 is 11.6 Å². The van der Waals surface area contributed by atoms with Gasteiger partial charge in [0.05, 0.1) is 19.0 Å². The molecule has 0 aliphatic heterocycles. The lowest BCUT2D eigenvalue weighted by Gasteiger charge is -2.09. The van der Waals surface area contributed by atoms with Crippen molar-refractivity contribution in [2.45, 2.75) is 13.1 Å². The van der Waals surface area contributed by atoms with Crippen molar-refractivity contribution in [3.8, 4) is 5.88 Å². The number of ether oxygens (including phenoxy) is 1. The molecule has 0 bridgehead atoms. The molecular formula is C9H9F3N2O2. The number of nitrogens with zero attached hydrogens (tertiary/aromatic N) is 1. The number of hydrogen-bond donors (Lipinski definition) is 1. The second kappa shape index (κ2) is 4.38. The van der Waals surface area contributed by atoms with Gasteiger partial charge in [-0.25, -0.2) is 4.98 Å². The van der Waals surface area contributed by atoms with Gasteiger partial charge in [-0.05, 0) is 13.0 Å². The summed E-state index contributed by atoms with van der Waals surface area (Å²) in [5, 5.41) is 1.69. The summed E-state index contributed by atoms with van der Waals surface area (Å²) in [5.74, 6) is -1.73. The highest BCUT2D eigenvalue weighted by molar-refractivity contribution is 5.94. The predicted octanol–water partition coefficient (Wildman–Crippen LogP) is 1.90. The lowest BCUT2D eigenvalue weighted by molar-refractivity contribution is -0.167. The first-order chi connectivity index (χ1) is 7.34. The van der Waals surface area contributed by atoms with E-state index in [4.69, 9.17) is 4.74 Å². The van der Waals surface area contributed by atoms with Crippen LogP contribution in [-0.4, -0.2) is 24.2 Å². The van der Waals surface area contributed by atoms with Crippen molar-refractivity contribution in [2.24, 2.45) is 0 Å². The fourth-order valence-electron chi connectivity index (χ4n) is 1.05. The van der Waals surface area contributed by atoms with Crippen LogP contribution in [0.4, 0.5) is 18.9 Å². The zero-order chi connectivity index (χ0) is 12.3. The van der Waals surface area contributed by atoms with Gasteiger partial charge in [-0.3, -0.25) is 4.79 Å². The minimum Gasteiger partial charge on any atom is -0.481 e. The zero-order valence-corrected chi connectivity index (χ0v) is 8.55. The molecule has 0 aliphatic rings. The standard InChI is InChI=1S/C9H9F3N2O2/c1-5-3-6(4-13-7(5)16-2)14-8(15)9(10,11)12/h3-4H,1-2H3,(H,14,15). The van der Waals surface area contributed by atoms with Gasteiger partial charge in [0.2, 0.25) is 5.88 Å². The fourth-order valence-corrected chi connectivity index (χ4v) is 1.05. The van der Waals surface area contributed by atoms with Crippen LogP contribution in [-0.2, 0) is 4.79 Å². The van der Waals surface area contributed by atoms with Crippen molar-refractivity contribution in [1.29, 1.82) is 0 Å². The van der Waals surface area contributed by atoms with Crippen LogP contribution >= 0.6 is 0 Å². The highest BCUT2D eigenvalue weighted by Crippen LogP contribution is 2.21. The molecule has 0 atom stereocenters. The third-order valence-electron chi connectivity index (χ3n) is 1.74. The maximum absolute atomic E-state index is 11.9. The van der Waals surface area contributed by atoms with Crippen LogP contribution in [0, 0.1) is 6.92 Å². The maximum atomic E-state index is 11.9. The van der Waals surface area contributed by atoms with Gasteiger partial charge in [-0.1, -0.05) is 0 Å². The summed E-state index contributed by atoms with van der Waals surface area (Å²) in [6.07, 6.45) is -3.82. The number of aryl methyl sites for hydroxylation is 1. The zero-order valence-electron chi connectivity index (χ0n) is 8.55. The average molecular weight is 234 g/mol. The van der Waals surface area contributed by atoms with E-state index in [-0.39, 0.29) is 5.69 Å². The lowest BCUT2D eigenvalue weighted by atomic mass is 10.3. The summed E-state index contributed by atoms with van der Waals surface area (Å²) in [6.45, 7) is 1.61. The summed E-state index contributed by atoms with van der Waals surface area (Å²) in [4.78, 5) is 14.3. The van der Waals surface area contributed by atoms with Gasteiger partial charge < -0.3 is 10.1 Å². The van der Waals surface area contributed by atoms with Crippen molar-refractivity contribution in [3.05, 3.63) is 17.8 Å². The number of aromatic nitrogens is 1. The molecule has 1 N–H and O–H groups in total. The molecule has 0 fully saturated rings. The number of amides is 1. The highest BCUT2D eigenvalue weighted by atomic mass is 19.4. The molecule has 0 aromatic carbocycles. The Bertz CT molecular complexity index is 404. The molecule has 88 valence electrons. The monoisotopic (exact) mass is 234 g/mol. The molecule has 0 radical (unpaired) electrons. The molecule has 4 nitrogen and oxygen atoms in total. The summed E-state index contributed by atoms with van der Waals surface area (Å²) in [6, 6.07) is 1.34. The lowest BCUT2D eigenvalue weighted by Crippen LogP contribution is -2.30. The largest absolute Gasteiger partial charge is 0.481 e. The van der Waals surface area contributed by atoms with Crippen LogP contribution < -0.4 is 10.1 Å². The van der Waals surface area contributed by atoms with E-state index in [9.17, 15) is 18.0 Å². The predicted molar refractivity (Wildman–Crippen MR) is 50.2 cm³/mol. The first kappa shape index (κ1) is 12.3. The Kier molecular flexibility index (Phi) is 3.36. The number of halogens is 3. The highest BCUT2D eigenvalue weighted by Gasteiger charge is 2.38. The Morgan fingerprint density at radius 3 is 2.56 bits per heavy atom. The minimum absolute atomic E-state index is 0.0272. The number of anilines is 1. The van der Waals surface area contributed by atoms with Crippen LogP contribution in [0.3, 0.4) is 0 Å². The number of nitrogens with one attached hydrogen (secondary N) is 1. The van der Waals surface area contributed by atoms with Gasteiger partial charge in [0, 0.05) is 5.56 Å². The van der Waals surface area contributed by atoms with E-state index in [0.717, 1.165) is 6.20 Å². The normalized spacial score (nSPS) is 11.1. The third-order valence-corrected chi connectivity index (χ3v) is 1.74. The second-order valence-corrected chi connectivity index (χ2v) is 3.00. The number of pyridine rings is 1. The van der Waals surface area contributed by atoms with Crippen LogP contribution in [0.2, 0.25) is 0 Å². The van der Waals surface area contributed by atoms with Crippen LogP contribution in [0.5, 0.6) is 5.88 Å². The average Bonchev–Trinajstić information content (AvgIpc) is 2.16. The number of hydrogen-bond acceptors (Lipinski definition) is 3. The number of rotatable bonds is 2. The minimum atomic E-state index is -4.91. The summed E-state index contributed by atoms with van der Waals surface area (Å²) < 4.78 is 40.6. The summed E-state index contributed by atoms with van der Waals surface area (Å²) in [5.41, 5.74) is 0.503. The van der Waals surface area contributed by atoms with Gasteiger partial charge in [0.15, 0.2) is 0 Å². The molecule has 0 unspecified atom stereocenters. The Labute approximate surface area is 89.4 Å². The van der Waals surface area contributed by atoms with E-state index in [2.05, 4.69) is 4.98 Å². The fraction of sp³-hybridized carbons (Fsp3) is 0.333. The number of carbonyl (C=O) groups excluding carboxylic acids is 1. The molecule has 0 aliphatic carbocycles. The molecular weight excluding hydrogens is 225 g/mol. The van der Waals surface area contributed by atoms with Crippen LogP contribution in [0.25, 0.3) is 0 Å². The molecule has 1 heterocycles. The Morgan fingerprint density at radius 2 is 2.12 bits per heavy atom. The van der Waals surface area contributed by atoms with Gasteiger partial charge in [-0.15, -0.1) is 0 Å². The molecule has 1 amide bonds. The molecule has 0 saturated heterocycles. The Morgan fingerprint density at radius 1 is 1.50 bits per heavy atom. The van der Waals surface area contributed by atoms with E-state index < -0.39 is 12.1 Å². The molecule has 1 rings (SSSR count). The van der Waals surface area contributed by atoms with Crippen LogP contribution in [0.1, 0.15) is 5.56 Å². The van der Waals surface area contributed by atoms with Crippen LogP contribution in [0.15, 0.2) is 12.3 Å². The smallest absolute Gasteiger partial charge is 0.471 e. The number of methoxy groups -OCH3 is 1. The number of alkyl halides is 3. The first-order valence-electron chi connectivity index (χ1n) is 4.23. The van der Waals surface area contributed by atoms with E-state index in [1.807, 2.05) is 0 Å². The Balaban J connectivity index is 2.84. The van der Waals surface area contributed by atoms with Crippen molar-refractivity contribution in [2.75, 3.05) is 12.4 Å². The van der Waals surface area contributed by atoms with Gasteiger partial charge in [-0.2, -0.15) is 13.2 Å². The Hall–Kier alpha value is -1.79. The van der Waals surface area contributed by atoms with Crippen molar-refractivity contribution in [1.82, 2.24) is 4.98 Å². The quantitative estimate of drug-likeness (QED) is 0.850. The van der Waals surface area contributed by atoms with E-state index in [0.29, 0.717) is 11.4 Å². The number of carbonyl (C=O) groups is 1. The molecule has 1 aromatic rings. The van der Waals surface area contributed by atoms with Gasteiger partial charge >= 0.3 is 12.1 Å². The molecule has 1 aromatic heterocycles. The third kappa shape index (κ3) is 2.85. The van der Waals surface area contributed by atoms with Gasteiger partial charge in [0.1, 0.15) is 0 Å². The molecule has 16 heavy (non-hydrogen) atoms. The maximum Gasteiger partial charge on any atom is 0.471 e. The van der Waals surface area contributed by atoms with Crippen molar-refractivity contribution < 1.29 is 22.7 Å². The molecule has 0 saturated carbocycles. The van der Waals surface area contributed by atoms with E-state index >= 15 is 0 Å². The van der Waals surface area contributed by atoms with Gasteiger partial charge in [0.25, 0.3) is 0 Å². The second-order valence-electron chi connectivity index (χ2n) is 3.00.